The van der Waals surface area contributed by atoms with Gasteiger partial charge in [0, 0.05) is 0 Å². The second-order valence-corrected chi connectivity index (χ2v) is 2.43. The second-order valence-electron chi connectivity index (χ2n) is 1.45. The van der Waals surface area contributed by atoms with Crippen LogP contribution >= 0.6 is 0 Å². The fraction of sp³-hybridized carbons (Fsp3) is 0.600. The third-order valence-electron chi connectivity index (χ3n) is 0.777. The Kier molecular flexibility index (Phi) is 3.98. The molecule has 0 bridgehead atoms. The van der Waals surface area contributed by atoms with Crippen LogP contribution in [0.2, 0.25) is 0 Å². The number of ether oxygens (including phenoxy) is 1. The van der Waals surface area contributed by atoms with E-state index in [9.17, 15) is 4.79 Å². The molecule has 0 heterocycles. The van der Waals surface area contributed by atoms with Crippen molar-refractivity contribution in [2.24, 2.45) is 5.92 Å². The van der Waals surface area contributed by atoms with E-state index in [0.29, 0.717) is 0 Å². The van der Waals surface area contributed by atoms with E-state index in [-0.39, 0.29) is 11.9 Å². The number of hydrogen-bond acceptors (Lipinski definition) is 2. The molecule has 0 aromatic carbocycles. The summed E-state index contributed by atoms with van der Waals surface area (Å²) in [6.07, 6.45) is 0. The third-order valence-corrected chi connectivity index (χ3v) is 2.24. The monoisotopic (exact) mass is 284 g/mol. The molecule has 8 heavy (non-hydrogen) atoms. The zero-order valence-corrected chi connectivity index (χ0v) is 7.81. The Morgan fingerprint density at radius 1 is 1.88 bits per heavy atom. The van der Waals surface area contributed by atoms with Crippen LogP contribution in [0.15, 0.2) is 0 Å². The number of esters is 1. The molecular weight excluding hydrogens is 276 g/mol. The van der Waals surface area contributed by atoms with Crippen molar-refractivity contribution in [3.8, 4) is 0 Å². The quantitative estimate of drug-likeness (QED) is 0.674. The van der Waals surface area contributed by atoms with E-state index in [1.165, 1.54) is 26.5 Å². The maximum absolute atomic E-state index is 10.5. The molecule has 3 heteroatoms. The van der Waals surface area contributed by atoms with E-state index in [1.807, 2.05) is 11.3 Å². The summed E-state index contributed by atoms with van der Waals surface area (Å²) in [5.74, 6) is -0.185. The van der Waals surface area contributed by atoms with Crippen molar-refractivity contribution in [1.29, 1.82) is 0 Å². The summed E-state index contributed by atoms with van der Waals surface area (Å²) < 4.78 is 6.33. The Hall–Kier alpha value is 0.0283. The molecule has 0 saturated heterocycles. The molecule has 0 aromatic rings. The molecule has 0 fully saturated rings. The average Bonchev–Trinajstić information content (AvgIpc) is 1.84. The van der Waals surface area contributed by atoms with E-state index < -0.39 is 0 Å². The Morgan fingerprint density at radius 3 is 2.50 bits per heavy atom. The van der Waals surface area contributed by atoms with Gasteiger partial charge < -0.3 is 0 Å². The SMILES string of the molecule is COC(=O)C(C)[CH]=[W]. The van der Waals surface area contributed by atoms with Gasteiger partial charge in [0.15, 0.2) is 0 Å². The molecule has 0 aromatic heterocycles. The molecule has 0 radical (unpaired) electrons. The van der Waals surface area contributed by atoms with Gasteiger partial charge in [-0.3, -0.25) is 0 Å². The number of carbonyl (C=O) groups excluding carboxylic acids is 1. The minimum atomic E-state index is -0.153. The average molecular weight is 284 g/mol. The number of rotatable bonds is 2. The van der Waals surface area contributed by atoms with Gasteiger partial charge >= 0.3 is 59.2 Å². The van der Waals surface area contributed by atoms with Crippen LogP contribution in [-0.4, -0.2) is 17.5 Å². The van der Waals surface area contributed by atoms with E-state index in [1.54, 1.807) is 0 Å². The summed E-state index contributed by atoms with van der Waals surface area (Å²) in [6.45, 7) is 1.82. The van der Waals surface area contributed by atoms with Gasteiger partial charge in [-0.25, -0.2) is 0 Å². The molecular formula is C5H8O2W. The fourth-order valence-corrected chi connectivity index (χ4v) is 0.641. The predicted molar refractivity (Wildman–Crippen MR) is 27.2 cm³/mol. The predicted octanol–water partition coefficient (Wildman–Crippen LogP) is 0.144. The van der Waals surface area contributed by atoms with Crippen molar-refractivity contribution in [2.45, 2.75) is 6.92 Å². The first-order valence-electron chi connectivity index (χ1n) is 2.25. The number of hydrogen-bond donors (Lipinski definition) is 0. The normalized spacial score (nSPS) is 12.2. The summed E-state index contributed by atoms with van der Waals surface area (Å²) in [7, 11) is 1.40. The standard InChI is InChI=1S/C5H8O2.W/c1-4(2)5(6)7-3;/h1,4H,2-3H3;. The van der Waals surface area contributed by atoms with Gasteiger partial charge in [-0.15, -0.1) is 0 Å². The van der Waals surface area contributed by atoms with Crippen LogP contribution in [-0.2, 0) is 28.9 Å². The Morgan fingerprint density at radius 2 is 2.38 bits per heavy atom. The zero-order chi connectivity index (χ0) is 6.57. The van der Waals surface area contributed by atoms with Crippen LogP contribution < -0.4 is 0 Å². The van der Waals surface area contributed by atoms with E-state index in [0.717, 1.165) is 0 Å². The summed E-state index contributed by atoms with van der Waals surface area (Å²) in [5.41, 5.74) is 0. The molecule has 0 aliphatic carbocycles. The number of methoxy groups -OCH3 is 1. The van der Waals surface area contributed by atoms with Crippen LogP contribution in [0.1, 0.15) is 6.92 Å². The second kappa shape index (κ2) is 3.96. The molecule has 1 unspecified atom stereocenters. The van der Waals surface area contributed by atoms with Crippen molar-refractivity contribution in [3.05, 3.63) is 0 Å². The van der Waals surface area contributed by atoms with Gasteiger partial charge in [0.25, 0.3) is 0 Å². The van der Waals surface area contributed by atoms with Gasteiger partial charge in [-0.1, -0.05) is 0 Å². The Balaban J connectivity index is 3.62. The molecule has 0 aliphatic rings. The van der Waals surface area contributed by atoms with E-state index >= 15 is 0 Å². The first kappa shape index (κ1) is 8.03. The maximum atomic E-state index is 10.5. The minimum absolute atomic E-state index is 0.0324. The van der Waals surface area contributed by atoms with Crippen LogP contribution in [0.3, 0.4) is 0 Å². The fourth-order valence-electron chi connectivity index (χ4n) is 0.241. The summed E-state index contributed by atoms with van der Waals surface area (Å²) >= 11 is 1.30. The van der Waals surface area contributed by atoms with Crippen LogP contribution in [0.25, 0.3) is 0 Å². The first-order valence-corrected chi connectivity index (χ1v) is 3.95. The summed E-state index contributed by atoms with van der Waals surface area (Å²) in [4.78, 5) is 10.5. The topological polar surface area (TPSA) is 26.3 Å². The van der Waals surface area contributed by atoms with Gasteiger partial charge in [-0.05, 0) is 0 Å². The summed E-state index contributed by atoms with van der Waals surface area (Å²) in [5, 5.41) is 0. The van der Waals surface area contributed by atoms with E-state index in [4.69, 9.17) is 0 Å². The van der Waals surface area contributed by atoms with Crippen molar-refractivity contribution in [3.63, 3.8) is 0 Å². The molecule has 0 amide bonds. The van der Waals surface area contributed by atoms with Crippen molar-refractivity contribution >= 4 is 10.4 Å². The molecule has 0 aliphatic heterocycles. The van der Waals surface area contributed by atoms with Gasteiger partial charge in [0.2, 0.25) is 0 Å². The molecule has 0 spiro atoms. The zero-order valence-electron chi connectivity index (χ0n) is 4.88. The Bertz CT molecular complexity index is 101. The van der Waals surface area contributed by atoms with Gasteiger partial charge in [-0.2, -0.15) is 0 Å². The third kappa shape index (κ3) is 2.36. The van der Waals surface area contributed by atoms with Gasteiger partial charge in [0.1, 0.15) is 0 Å². The first-order chi connectivity index (χ1) is 3.72. The van der Waals surface area contributed by atoms with Gasteiger partial charge in [0.05, 0.1) is 0 Å². The van der Waals surface area contributed by atoms with Crippen LogP contribution in [0.5, 0.6) is 0 Å². The van der Waals surface area contributed by atoms with Crippen LogP contribution in [0.4, 0.5) is 0 Å². The van der Waals surface area contributed by atoms with E-state index in [2.05, 4.69) is 4.74 Å². The molecule has 2 nitrogen and oxygen atoms in total. The Labute approximate surface area is 59.6 Å². The van der Waals surface area contributed by atoms with Crippen molar-refractivity contribution in [1.82, 2.24) is 0 Å². The van der Waals surface area contributed by atoms with Crippen molar-refractivity contribution < 1.29 is 28.9 Å². The number of carbonyl (C=O) groups is 1. The molecule has 0 rings (SSSR count). The molecule has 46 valence electrons. The van der Waals surface area contributed by atoms with Crippen LogP contribution in [0, 0.1) is 5.92 Å². The molecule has 1 atom stereocenters. The molecule has 0 N–H and O–H groups in total. The van der Waals surface area contributed by atoms with Crippen molar-refractivity contribution in [2.75, 3.05) is 7.11 Å². The molecule has 0 saturated carbocycles. The summed E-state index contributed by atoms with van der Waals surface area (Å²) in [6, 6.07) is 0.